The summed E-state index contributed by atoms with van der Waals surface area (Å²) >= 11 is 0. The number of aliphatic hydroxyl groups is 8. The zero-order chi connectivity index (χ0) is 23.2. The summed E-state index contributed by atoms with van der Waals surface area (Å²) < 4.78 is 9.62. The predicted molar refractivity (Wildman–Crippen MR) is 95.2 cm³/mol. The molecule has 2 aliphatic rings. The van der Waals surface area contributed by atoms with Gasteiger partial charge in [0, 0.05) is 13.8 Å². The van der Waals surface area contributed by atoms with Gasteiger partial charge < -0.3 is 61.0 Å². The van der Waals surface area contributed by atoms with Gasteiger partial charge in [-0.2, -0.15) is 0 Å². The minimum atomic E-state index is -1.45. The molecule has 2 rings (SSSR count). The monoisotopic (exact) mass is 442 g/mol. The maximum Gasteiger partial charge on any atom is 0.217 e. The highest BCUT2D eigenvalue weighted by Crippen LogP contribution is 2.20. The molecule has 0 bridgehead atoms. The molecule has 2 amide bonds. The Bertz CT molecular complexity index is 518. The molecule has 0 radical (unpaired) electrons. The van der Waals surface area contributed by atoms with E-state index in [0.29, 0.717) is 0 Å². The Hall–Kier alpha value is -1.46. The molecule has 0 saturated carbocycles. The van der Waals surface area contributed by atoms with Crippen LogP contribution in [0.5, 0.6) is 0 Å². The largest absolute Gasteiger partial charge is 0.394 e. The van der Waals surface area contributed by atoms with E-state index < -0.39 is 86.3 Å². The lowest BCUT2D eigenvalue weighted by molar-refractivity contribution is -0.253. The number of carbonyl (C=O) groups excluding carboxylic acids is 2. The third-order valence-electron chi connectivity index (χ3n) is 4.54. The van der Waals surface area contributed by atoms with Gasteiger partial charge in [0.05, 0.1) is 13.2 Å². The van der Waals surface area contributed by atoms with Crippen molar-refractivity contribution in [2.75, 3.05) is 13.2 Å². The summed E-state index contributed by atoms with van der Waals surface area (Å²) in [5.41, 5.74) is 0. The average Bonchev–Trinajstić information content (AvgIpc) is 2.68. The van der Waals surface area contributed by atoms with Gasteiger partial charge in [-0.1, -0.05) is 0 Å². The standard InChI is InChI=1S/2C8H15NO6/c2*1-3(11)9-5-7(13)6(12)4(2-10)15-8(5)14/h2*4-8,10,12-14H,2H2,1H3,(H,9,11)/t4-,5-,6-,7-,8?;4-,5-,6-,7-,8-/m11/s1. The molecule has 10 N–H and O–H groups in total. The van der Waals surface area contributed by atoms with Gasteiger partial charge in [0.1, 0.15) is 48.7 Å². The van der Waals surface area contributed by atoms with Crippen molar-refractivity contribution >= 4 is 11.8 Å². The lowest BCUT2D eigenvalue weighted by Crippen LogP contribution is -2.63. The quantitative estimate of drug-likeness (QED) is 0.196. The van der Waals surface area contributed by atoms with Gasteiger partial charge in [-0.25, -0.2) is 0 Å². The third kappa shape index (κ3) is 6.78. The smallest absolute Gasteiger partial charge is 0.217 e. The van der Waals surface area contributed by atoms with E-state index in [9.17, 15) is 40.2 Å². The van der Waals surface area contributed by atoms with E-state index in [1.54, 1.807) is 0 Å². The lowest BCUT2D eigenvalue weighted by Gasteiger charge is -2.40. The van der Waals surface area contributed by atoms with Gasteiger partial charge in [0.15, 0.2) is 12.6 Å². The molecule has 2 fully saturated rings. The van der Waals surface area contributed by atoms with Gasteiger partial charge in [-0.3, -0.25) is 9.59 Å². The molecule has 2 aliphatic heterocycles. The van der Waals surface area contributed by atoms with Crippen LogP contribution in [0.2, 0.25) is 0 Å². The highest BCUT2D eigenvalue weighted by atomic mass is 16.6. The van der Waals surface area contributed by atoms with Crippen LogP contribution in [0.3, 0.4) is 0 Å². The molecule has 0 aromatic rings. The van der Waals surface area contributed by atoms with E-state index in [-0.39, 0.29) is 0 Å². The highest BCUT2D eigenvalue weighted by molar-refractivity contribution is 5.73. The maximum atomic E-state index is 10.7. The van der Waals surface area contributed by atoms with Crippen LogP contribution in [0.4, 0.5) is 0 Å². The van der Waals surface area contributed by atoms with Crippen LogP contribution >= 0.6 is 0 Å². The summed E-state index contributed by atoms with van der Waals surface area (Å²) in [4.78, 5) is 21.5. The van der Waals surface area contributed by atoms with Crippen LogP contribution in [0, 0.1) is 0 Å². The fraction of sp³-hybridized carbons (Fsp3) is 0.875. The Morgan fingerprint density at radius 2 is 0.967 bits per heavy atom. The van der Waals surface area contributed by atoms with Gasteiger partial charge in [0.2, 0.25) is 11.8 Å². The average molecular weight is 442 g/mol. The zero-order valence-electron chi connectivity index (χ0n) is 16.4. The van der Waals surface area contributed by atoms with Crippen molar-refractivity contribution in [1.29, 1.82) is 0 Å². The minimum Gasteiger partial charge on any atom is -0.394 e. The Balaban J connectivity index is 0.000000300. The number of aliphatic hydroxyl groups excluding tert-OH is 8. The molecule has 1 unspecified atom stereocenters. The highest BCUT2D eigenvalue weighted by Gasteiger charge is 2.44. The normalized spacial score (nSPS) is 41.3. The van der Waals surface area contributed by atoms with Crippen LogP contribution in [0.1, 0.15) is 13.8 Å². The lowest BCUT2D eigenvalue weighted by atomic mass is 9.97. The summed E-state index contributed by atoms with van der Waals surface area (Å²) in [5.74, 6) is -0.923. The molecule has 14 heteroatoms. The molecule has 30 heavy (non-hydrogen) atoms. The molecular weight excluding hydrogens is 412 g/mol. The fourth-order valence-corrected chi connectivity index (χ4v) is 2.98. The Morgan fingerprint density at radius 3 is 1.20 bits per heavy atom. The maximum absolute atomic E-state index is 10.7. The summed E-state index contributed by atoms with van der Waals surface area (Å²) in [5, 5.41) is 78.8. The molecule has 10 atom stereocenters. The first kappa shape index (κ1) is 26.6. The third-order valence-corrected chi connectivity index (χ3v) is 4.54. The van der Waals surface area contributed by atoms with Gasteiger partial charge >= 0.3 is 0 Å². The first-order valence-electron chi connectivity index (χ1n) is 9.09. The van der Waals surface area contributed by atoms with Crippen LogP contribution in [-0.2, 0) is 19.1 Å². The summed E-state index contributed by atoms with van der Waals surface area (Å²) in [6.45, 7) is 1.37. The number of amides is 2. The summed E-state index contributed by atoms with van der Waals surface area (Å²) in [6, 6.07) is -2.19. The summed E-state index contributed by atoms with van der Waals surface area (Å²) in [7, 11) is 0. The first-order chi connectivity index (χ1) is 13.9. The van der Waals surface area contributed by atoms with E-state index in [4.69, 9.17) is 19.7 Å². The minimum absolute atomic E-state index is 0.462. The van der Waals surface area contributed by atoms with E-state index >= 15 is 0 Å². The van der Waals surface area contributed by atoms with Crippen LogP contribution < -0.4 is 10.6 Å². The van der Waals surface area contributed by atoms with Crippen molar-refractivity contribution in [3.63, 3.8) is 0 Å². The van der Waals surface area contributed by atoms with Crippen molar-refractivity contribution in [3.8, 4) is 0 Å². The first-order valence-corrected chi connectivity index (χ1v) is 9.09. The van der Waals surface area contributed by atoms with Crippen molar-refractivity contribution < 1.29 is 59.9 Å². The SMILES string of the molecule is CC(=O)N[C@@H]1[C@@H](O)[C@H](O)[C@@H](CO)O[C@H]1O.CC(=O)N[C@H]1C(O)O[C@H](CO)[C@@H](O)[C@@H]1O. The number of carbonyl (C=O) groups is 2. The molecule has 2 heterocycles. The number of ether oxygens (including phenoxy) is 2. The molecule has 0 aliphatic carbocycles. The summed E-state index contributed by atoms with van der Waals surface area (Å²) in [6.07, 6.45) is -10.5. The van der Waals surface area contributed by atoms with E-state index in [1.165, 1.54) is 13.8 Å². The fourth-order valence-electron chi connectivity index (χ4n) is 2.98. The predicted octanol–water partition coefficient (Wildman–Crippen LogP) is -6.16. The number of rotatable bonds is 4. The van der Waals surface area contributed by atoms with Crippen LogP contribution in [-0.4, -0.2) is 127 Å². The number of nitrogens with one attached hydrogen (secondary N) is 2. The van der Waals surface area contributed by atoms with Crippen LogP contribution in [0.15, 0.2) is 0 Å². The van der Waals surface area contributed by atoms with Crippen molar-refractivity contribution in [2.45, 2.75) is 75.1 Å². The van der Waals surface area contributed by atoms with Gasteiger partial charge in [-0.15, -0.1) is 0 Å². The molecular formula is C16H30N2O12. The number of hydrogen-bond acceptors (Lipinski definition) is 12. The van der Waals surface area contributed by atoms with E-state index in [0.717, 1.165) is 0 Å². The van der Waals surface area contributed by atoms with Crippen molar-refractivity contribution in [2.24, 2.45) is 0 Å². The topological polar surface area (TPSA) is 238 Å². The van der Waals surface area contributed by atoms with E-state index in [1.807, 2.05) is 0 Å². The molecule has 14 nitrogen and oxygen atoms in total. The molecule has 0 aromatic carbocycles. The Morgan fingerprint density at radius 1 is 0.667 bits per heavy atom. The molecule has 2 saturated heterocycles. The molecule has 0 aromatic heterocycles. The van der Waals surface area contributed by atoms with Gasteiger partial charge in [0.25, 0.3) is 0 Å². The van der Waals surface area contributed by atoms with E-state index in [2.05, 4.69) is 10.6 Å². The van der Waals surface area contributed by atoms with Gasteiger partial charge in [-0.05, 0) is 0 Å². The second kappa shape index (κ2) is 11.8. The second-order valence-electron chi connectivity index (χ2n) is 6.91. The Labute approximate surface area is 171 Å². The molecule has 176 valence electrons. The van der Waals surface area contributed by atoms with Crippen molar-refractivity contribution in [3.05, 3.63) is 0 Å². The number of hydrogen-bond donors (Lipinski definition) is 10. The Kier molecular flexibility index (Phi) is 10.5. The zero-order valence-corrected chi connectivity index (χ0v) is 16.4. The van der Waals surface area contributed by atoms with Crippen molar-refractivity contribution in [1.82, 2.24) is 10.6 Å². The second-order valence-corrected chi connectivity index (χ2v) is 6.91. The van der Waals surface area contributed by atoms with Crippen LogP contribution in [0.25, 0.3) is 0 Å². The molecule has 0 spiro atoms.